The standard InChI is InChI=1S/C16H12Cl3NS2/c17-10-4-5-15-14(8-10)20-16(6-7-21-15)22-9-11-12(18)2-1-3-13(11)19/h1-5,8H,6-7,9H2. The summed E-state index contributed by atoms with van der Waals surface area (Å²) in [6.45, 7) is 0. The Kier molecular flexibility index (Phi) is 5.64. The Balaban J connectivity index is 1.80. The second-order valence-electron chi connectivity index (χ2n) is 4.70. The monoisotopic (exact) mass is 387 g/mol. The van der Waals surface area contributed by atoms with Gasteiger partial charge in [0, 0.05) is 37.9 Å². The Bertz CT molecular complexity index is 711. The summed E-state index contributed by atoms with van der Waals surface area (Å²) in [5.74, 6) is 1.73. The van der Waals surface area contributed by atoms with Crippen molar-refractivity contribution in [2.24, 2.45) is 4.99 Å². The van der Waals surface area contributed by atoms with Crippen LogP contribution in [0.25, 0.3) is 0 Å². The predicted molar refractivity (Wildman–Crippen MR) is 102 cm³/mol. The molecule has 6 heteroatoms. The van der Waals surface area contributed by atoms with Gasteiger partial charge >= 0.3 is 0 Å². The molecule has 0 aromatic heterocycles. The van der Waals surface area contributed by atoms with Gasteiger partial charge in [-0.05, 0) is 35.9 Å². The summed E-state index contributed by atoms with van der Waals surface area (Å²) in [6, 6.07) is 11.4. The molecule has 2 aromatic rings. The number of aliphatic imine (C=N–C) groups is 1. The van der Waals surface area contributed by atoms with Crippen molar-refractivity contribution in [1.29, 1.82) is 0 Å². The highest BCUT2D eigenvalue weighted by Gasteiger charge is 2.13. The van der Waals surface area contributed by atoms with E-state index in [1.54, 1.807) is 11.8 Å². The van der Waals surface area contributed by atoms with Crippen molar-refractivity contribution in [2.75, 3.05) is 5.75 Å². The molecule has 0 spiro atoms. The average molecular weight is 389 g/mol. The van der Waals surface area contributed by atoms with Crippen molar-refractivity contribution in [3.8, 4) is 0 Å². The maximum Gasteiger partial charge on any atom is 0.0789 e. The third-order valence-electron chi connectivity index (χ3n) is 3.18. The summed E-state index contributed by atoms with van der Waals surface area (Å²) >= 11 is 22.0. The quantitative estimate of drug-likeness (QED) is 0.543. The van der Waals surface area contributed by atoms with E-state index in [1.807, 2.05) is 48.2 Å². The lowest BCUT2D eigenvalue weighted by Crippen LogP contribution is -1.95. The molecular formula is C16H12Cl3NS2. The van der Waals surface area contributed by atoms with Crippen LogP contribution in [0.4, 0.5) is 5.69 Å². The molecule has 0 saturated heterocycles. The minimum atomic E-state index is 0.701. The first kappa shape index (κ1) is 16.5. The fraction of sp³-hybridized carbons (Fsp3) is 0.188. The maximum absolute atomic E-state index is 6.22. The topological polar surface area (TPSA) is 12.4 Å². The first-order chi connectivity index (χ1) is 10.6. The molecule has 0 fully saturated rings. The summed E-state index contributed by atoms with van der Waals surface area (Å²) in [6.07, 6.45) is 0.934. The smallest absolute Gasteiger partial charge is 0.0789 e. The highest BCUT2D eigenvalue weighted by molar-refractivity contribution is 8.13. The molecule has 1 nitrogen and oxygen atoms in total. The molecule has 1 heterocycles. The van der Waals surface area contributed by atoms with Crippen LogP contribution in [-0.4, -0.2) is 10.8 Å². The van der Waals surface area contributed by atoms with Gasteiger partial charge in [-0.25, -0.2) is 4.99 Å². The SMILES string of the molecule is Clc1ccc2c(c1)N=C(SCc1c(Cl)cccc1Cl)CCS2. The van der Waals surface area contributed by atoms with Crippen molar-refractivity contribution in [3.05, 3.63) is 57.0 Å². The van der Waals surface area contributed by atoms with Crippen molar-refractivity contribution >= 4 is 69.1 Å². The normalized spacial score (nSPS) is 14.2. The summed E-state index contributed by atoms with van der Waals surface area (Å²) in [7, 11) is 0. The highest BCUT2D eigenvalue weighted by Crippen LogP contribution is 2.37. The lowest BCUT2D eigenvalue weighted by molar-refractivity contribution is 1.33. The Morgan fingerprint density at radius 1 is 1.09 bits per heavy atom. The van der Waals surface area contributed by atoms with Crippen LogP contribution in [0.1, 0.15) is 12.0 Å². The molecule has 0 bridgehead atoms. The molecule has 3 rings (SSSR count). The third kappa shape index (κ3) is 3.95. The van der Waals surface area contributed by atoms with Gasteiger partial charge in [0.05, 0.1) is 10.7 Å². The van der Waals surface area contributed by atoms with Crippen LogP contribution in [0.5, 0.6) is 0 Å². The molecule has 22 heavy (non-hydrogen) atoms. The minimum Gasteiger partial charge on any atom is -0.245 e. The van der Waals surface area contributed by atoms with Gasteiger partial charge in [0.1, 0.15) is 0 Å². The van der Waals surface area contributed by atoms with E-state index in [2.05, 4.69) is 0 Å². The van der Waals surface area contributed by atoms with Crippen LogP contribution in [0.3, 0.4) is 0 Å². The average Bonchev–Trinajstić information content (AvgIpc) is 2.68. The molecule has 0 saturated carbocycles. The number of nitrogens with zero attached hydrogens (tertiary/aromatic N) is 1. The number of thioether (sulfide) groups is 2. The first-order valence-corrected chi connectivity index (χ1v) is 9.79. The largest absolute Gasteiger partial charge is 0.245 e. The number of hydrogen-bond acceptors (Lipinski definition) is 3. The zero-order valence-corrected chi connectivity index (χ0v) is 15.4. The molecule has 1 aliphatic rings. The number of hydrogen-bond donors (Lipinski definition) is 0. The molecular weight excluding hydrogens is 377 g/mol. The highest BCUT2D eigenvalue weighted by atomic mass is 35.5. The molecule has 0 aliphatic carbocycles. The van der Waals surface area contributed by atoms with E-state index in [1.165, 1.54) is 4.90 Å². The summed E-state index contributed by atoms with van der Waals surface area (Å²) in [4.78, 5) is 5.94. The van der Waals surface area contributed by atoms with Crippen molar-refractivity contribution < 1.29 is 0 Å². The fourth-order valence-corrected chi connectivity index (χ4v) is 5.02. The Labute approximate surface area is 153 Å². The van der Waals surface area contributed by atoms with Crippen LogP contribution < -0.4 is 0 Å². The Morgan fingerprint density at radius 2 is 1.86 bits per heavy atom. The maximum atomic E-state index is 6.22. The van der Waals surface area contributed by atoms with Gasteiger partial charge in [-0.3, -0.25) is 0 Å². The number of halogens is 3. The van der Waals surface area contributed by atoms with Crippen LogP contribution in [0, 0.1) is 0 Å². The van der Waals surface area contributed by atoms with Gasteiger partial charge in [-0.1, -0.05) is 40.9 Å². The number of benzene rings is 2. The second-order valence-corrected chi connectivity index (χ2v) is 8.14. The van der Waals surface area contributed by atoms with Gasteiger partial charge in [0.2, 0.25) is 0 Å². The molecule has 1 aliphatic heterocycles. The molecule has 114 valence electrons. The van der Waals surface area contributed by atoms with E-state index < -0.39 is 0 Å². The first-order valence-electron chi connectivity index (χ1n) is 6.69. The third-order valence-corrected chi connectivity index (χ3v) is 6.25. The summed E-state index contributed by atoms with van der Waals surface area (Å²) in [5.41, 5.74) is 1.91. The molecule has 2 aromatic carbocycles. The van der Waals surface area contributed by atoms with E-state index in [9.17, 15) is 0 Å². The van der Waals surface area contributed by atoms with Crippen molar-refractivity contribution in [1.82, 2.24) is 0 Å². The van der Waals surface area contributed by atoms with Crippen molar-refractivity contribution in [2.45, 2.75) is 17.1 Å². The lowest BCUT2D eigenvalue weighted by atomic mass is 10.2. The van der Waals surface area contributed by atoms with E-state index >= 15 is 0 Å². The van der Waals surface area contributed by atoms with Crippen LogP contribution in [-0.2, 0) is 5.75 Å². The molecule has 0 amide bonds. The van der Waals surface area contributed by atoms with Gasteiger partial charge in [-0.15, -0.1) is 23.5 Å². The van der Waals surface area contributed by atoms with Gasteiger partial charge in [0.15, 0.2) is 0 Å². The van der Waals surface area contributed by atoms with Gasteiger partial charge in [-0.2, -0.15) is 0 Å². The van der Waals surface area contributed by atoms with Crippen molar-refractivity contribution in [3.63, 3.8) is 0 Å². The molecule has 0 atom stereocenters. The van der Waals surface area contributed by atoms with E-state index in [4.69, 9.17) is 39.8 Å². The van der Waals surface area contributed by atoms with Crippen LogP contribution in [0.15, 0.2) is 46.3 Å². The van der Waals surface area contributed by atoms with Crippen LogP contribution >= 0.6 is 58.3 Å². The predicted octanol–water partition coefficient (Wildman–Crippen LogP) is 7.11. The molecule has 0 N–H and O–H groups in total. The Morgan fingerprint density at radius 3 is 2.64 bits per heavy atom. The summed E-state index contributed by atoms with van der Waals surface area (Å²) in [5, 5.41) is 3.20. The zero-order valence-electron chi connectivity index (χ0n) is 11.5. The molecule has 0 unspecified atom stereocenters. The van der Waals surface area contributed by atoms with Crippen LogP contribution in [0.2, 0.25) is 15.1 Å². The fourth-order valence-electron chi connectivity index (χ4n) is 2.07. The van der Waals surface area contributed by atoms with Gasteiger partial charge < -0.3 is 0 Å². The van der Waals surface area contributed by atoms with E-state index in [0.717, 1.165) is 34.2 Å². The second kappa shape index (κ2) is 7.50. The van der Waals surface area contributed by atoms with E-state index in [0.29, 0.717) is 15.1 Å². The number of fused-ring (bicyclic) bond motifs is 1. The van der Waals surface area contributed by atoms with Gasteiger partial charge in [0.25, 0.3) is 0 Å². The number of rotatable bonds is 2. The zero-order chi connectivity index (χ0) is 15.5. The summed E-state index contributed by atoms with van der Waals surface area (Å²) < 4.78 is 0. The molecule has 0 radical (unpaired) electrons. The Hall–Kier alpha value is -0.320. The van der Waals surface area contributed by atoms with E-state index in [-0.39, 0.29) is 0 Å². The lowest BCUT2D eigenvalue weighted by Gasteiger charge is -2.07. The minimum absolute atomic E-state index is 0.701.